The normalized spacial score (nSPS) is 14.1. The summed E-state index contributed by atoms with van der Waals surface area (Å²) in [6, 6.07) is 23.8. The van der Waals surface area contributed by atoms with Gasteiger partial charge in [0, 0.05) is 65.8 Å². The molecule has 3 aromatic carbocycles. The lowest BCUT2D eigenvalue weighted by atomic mass is 10.0. The van der Waals surface area contributed by atoms with Crippen LogP contribution in [0.3, 0.4) is 0 Å². The molecule has 1 fully saturated rings. The number of fused-ring (bicyclic) bond motifs is 1. The van der Waals surface area contributed by atoms with Gasteiger partial charge in [-0.25, -0.2) is 0 Å². The first-order chi connectivity index (χ1) is 19.9. The number of H-pyrrole nitrogens is 1. The minimum atomic E-state index is -0.216. The van der Waals surface area contributed by atoms with Crippen molar-refractivity contribution in [2.75, 3.05) is 43.4 Å². The summed E-state index contributed by atoms with van der Waals surface area (Å²) >= 11 is 1.35. The number of nitrogens with zero attached hydrogens (tertiary/aromatic N) is 3. The van der Waals surface area contributed by atoms with Gasteiger partial charge in [-0.2, -0.15) is 0 Å². The van der Waals surface area contributed by atoms with Crippen molar-refractivity contribution in [2.24, 2.45) is 4.99 Å². The highest BCUT2D eigenvalue weighted by Crippen LogP contribution is 2.29. The number of carbonyl (C=O) groups is 2. The van der Waals surface area contributed by atoms with Crippen LogP contribution in [0.25, 0.3) is 10.9 Å². The van der Waals surface area contributed by atoms with E-state index in [4.69, 9.17) is 0 Å². The Balaban J connectivity index is 1.21. The van der Waals surface area contributed by atoms with Gasteiger partial charge in [0.2, 0.25) is 0 Å². The number of nitrogens with one attached hydrogen (secondary N) is 2. The lowest BCUT2D eigenvalue weighted by Gasteiger charge is -2.34. The van der Waals surface area contributed by atoms with Gasteiger partial charge in [0.1, 0.15) is 0 Å². The Morgan fingerprint density at radius 2 is 1.73 bits per heavy atom. The maximum absolute atomic E-state index is 13.4. The molecule has 206 valence electrons. The zero-order chi connectivity index (χ0) is 28.3. The summed E-state index contributed by atoms with van der Waals surface area (Å²) in [5, 5.41) is 16.0. The zero-order valence-electron chi connectivity index (χ0n) is 22.5. The number of carbonyl (C=O) groups excluding carboxylic acids is 2. The fourth-order valence-corrected chi connectivity index (χ4v) is 5.55. The number of thiophene rings is 1. The van der Waals surface area contributed by atoms with E-state index in [1.54, 1.807) is 54.7 Å². The summed E-state index contributed by atoms with van der Waals surface area (Å²) in [5.74, 6) is -0.422. The van der Waals surface area contributed by atoms with Crippen LogP contribution in [0.1, 0.15) is 31.2 Å². The molecule has 0 radical (unpaired) electrons. The Bertz CT molecular complexity index is 1730. The number of aromatic nitrogens is 1. The van der Waals surface area contributed by atoms with E-state index >= 15 is 0 Å². The molecule has 6 rings (SSSR count). The molecule has 2 aromatic heterocycles. The number of hydrogen-bond donors (Lipinski definition) is 3. The lowest BCUT2D eigenvalue weighted by molar-refractivity contribution is 0.102. The average molecular weight is 564 g/mol. The summed E-state index contributed by atoms with van der Waals surface area (Å²) in [6.45, 7) is 4.08. The molecule has 1 saturated heterocycles. The van der Waals surface area contributed by atoms with Gasteiger partial charge in [-0.3, -0.25) is 14.6 Å². The van der Waals surface area contributed by atoms with Gasteiger partial charge in [0.05, 0.1) is 16.1 Å². The third-order valence-electron chi connectivity index (χ3n) is 7.27. The van der Waals surface area contributed by atoms with E-state index in [1.165, 1.54) is 17.0 Å². The van der Waals surface area contributed by atoms with Gasteiger partial charge >= 0.3 is 0 Å². The van der Waals surface area contributed by atoms with Crippen LogP contribution >= 0.6 is 11.3 Å². The Kier molecular flexibility index (Phi) is 7.37. The van der Waals surface area contributed by atoms with E-state index in [9.17, 15) is 14.7 Å². The zero-order valence-corrected chi connectivity index (χ0v) is 23.3. The van der Waals surface area contributed by atoms with Crippen LogP contribution in [0.4, 0.5) is 17.1 Å². The van der Waals surface area contributed by atoms with Crippen LogP contribution in [0.2, 0.25) is 0 Å². The maximum atomic E-state index is 13.4. The fraction of sp³-hybridized carbons (Fsp3) is 0.156. The molecule has 3 heterocycles. The largest absolute Gasteiger partial charge is 0.494 e. The van der Waals surface area contributed by atoms with Crippen LogP contribution < -0.4 is 10.2 Å². The number of ketones is 1. The molecule has 0 unspecified atom stereocenters. The molecule has 3 N–H and O–H groups in total. The molecule has 9 heteroatoms. The molecule has 1 amide bonds. The van der Waals surface area contributed by atoms with E-state index in [-0.39, 0.29) is 17.6 Å². The second-order valence-corrected chi connectivity index (χ2v) is 11.0. The molecule has 0 spiro atoms. The SMILES string of the molecule is CN1CCN(c2ccc(N=Cc3c(O)[nH]c4ccc(C(=O)c5cccc(NC(=O)c6cccs6)c5)cc34)cc2)CC1. The molecule has 5 aromatic rings. The number of hydrogen-bond acceptors (Lipinski definition) is 7. The Labute approximate surface area is 241 Å². The van der Waals surface area contributed by atoms with Crippen LogP contribution in [-0.2, 0) is 0 Å². The van der Waals surface area contributed by atoms with Crippen molar-refractivity contribution in [1.29, 1.82) is 0 Å². The Morgan fingerprint density at radius 1 is 0.951 bits per heavy atom. The molecular formula is C32H29N5O3S. The number of piperazine rings is 1. The lowest BCUT2D eigenvalue weighted by Crippen LogP contribution is -2.44. The van der Waals surface area contributed by atoms with Crippen LogP contribution in [0, 0.1) is 0 Å². The Hall–Kier alpha value is -4.73. The summed E-state index contributed by atoms with van der Waals surface area (Å²) < 4.78 is 0. The first-order valence-electron chi connectivity index (χ1n) is 13.4. The van der Waals surface area contributed by atoms with E-state index in [2.05, 4.69) is 44.3 Å². The van der Waals surface area contributed by atoms with Crippen molar-refractivity contribution >= 4 is 57.2 Å². The summed E-state index contributed by atoms with van der Waals surface area (Å²) in [6.07, 6.45) is 1.62. The first kappa shape index (κ1) is 26.5. The van der Waals surface area contributed by atoms with Gasteiger partial charge in [0.25, 0.3) is 5.91 Å². The number of benzene rings is 3. The summed E-state index contributed by atoms with van der Waals surface area (Å²) in [5.41, 5.74) is 4.60. The number of aromatic amines is 1. The van der Waals surface area contributed by atoms with Crippen molar-refractivity contribution < 1.29 is 14.7 Å². The number of rotatable bonds is 7. The molecule has 8 nitrogen and oxygen atoms in total. The standard InChI is InChI=1S/C32H29N5O3S/c1-36-13-15-37(16-14-36)25-10-8-23(9-11-25)33-20-27-26-19-22(7-12-28(26)35-31(27)39)30(38)21-4-2-5-24(18-21)34-32(40)29-6-3-17-41-29/h2-12,17-20,35,39H,13-16H2,1H3,(H,34,40). The van der Waals surface area contributed by atoms with E-state index < -0.39 is 0 Å². The van der Waals surface area contributed by atoms with Crippen molar-refractivity contribution in [3.63, 3.8) is 0 Å². The molecule has 0 bridgehead atoms. The maximum Gasteiger partial charge on any atom is 0.265 e. The summed E-state index contributed by atoms with van der Waals surface area (Å²) in [7, 11) is 2.14. The molecule has 1 aliphatic heterocycles. The molecular weight excluding hydrogens is 534 g/mol. The van der Waals surface area contributed by atoms with Crippen molar-refractivity contribution in [3.8, 4) is 5.88 Å². The topological polar surface area (TPSA) is 101 Å². The number of aliphatic imine (C=N–C) groups is 1. The number of anilines is 2. The third kappa shape index (κ3) is 5.77. The van der Waals surface area contributed by atoms with Crippen LogP contribution in [0.15, 0.2) is 89.2 Å². The highest BCUT2D eigenvalue weighted by atomic mass is 32.1. The van der Waals surface area contributed by atoms with Crippen molar-refractivity contribution in [1.82, 2.24) is 9.88 Å². The predicted octanol–water partition coefficient (Wildman–Crippen LogP) is 5.92. The smallest absolute Gasteiger partial charge is 0.265 e. The molecule has 41 heavy (non-hydrogen) atoms. The first-order valence-corrected chi connectivity index (χ1v) is 14.2. The Morgan fingerprint density at radius 3 is 2.49 bits per heavy atom. The van der Waals surface area contributed by atoms with Gasteiger partial charge in [-0.05, 0) is 73.1 Å². The monoisotopic (exact) mass is 563 g/mol. The van der Waals surface area contributed by atoms with Gasteiger partial charge in [-0.15, -0.1) is 11.3 Å². The van der Waals surface area contributed by atoms with Crippen molar-refractivity contribution in [3.05, 3.63) is 106 Å². The second-order valence-electron chi connectivity index (χ2n) is 10.1. The average Bonchev–Trinajstić information content (AvgIpc) is 3.64. The number of likely N-dealkylation sites (N-methyl/N-ethyl adjacent to an activating group) is 1. The van der Waals surface area contributed by atoms with E-state index in [1.807, 2.05) is 23.6 Å². The minimum Gasteiger partial charge on any atom is -0.494 e. The highest BCUT2D eigenvalue weighted by molar-refractivity contribution is 7.12. The number of amides is 1. The van der Waals surface area contributed by atoms with Crippen LogP contribution in [0.5, 0.6) is 5.88 Å². The van der Waals surface area contributed by atoms with Crippen LogP contribution in [-0.4, -0.2) is 66.1 Å². The van der Waals surface area contributed by atoms with Gasteiger partial charge in [-0.1, -0.05) is 18.2 Å². The van der Waals surface area contributed by atoms with E-state index in [0.29, 0.717) is 38.2 Å². The predicted molar refractivity (Wildman–Crippen MR) is 166 cm³/mol. The summed E-state index contributed by atoms with van der Waals surface area (Å²) in [4.78, 5) is 38.7. The molecule has 1 aliphatic rings. The second kappa shape index (κ2) is 11.4. The third-order valence-corrected chi connectivity index (χ3v) is 8.14. The minimum absolute atomic E-state index is 0.0132. The molecule has 0 aliphatic carbocycles. The fourth-order valence-electron chi connectivity index (χ4n) is 4.93. The van der Waals surface area contributed by atoms with E-state index in [0.717, 1.165) is 31.9 Å². The molecule has 0 atom stereocenters. The van der Waals surface area contributed by atoms with Crippen molar-refractivity contribution in [2.45, 2.75) is 0 Å². The quantitative estimate of drug-likeness (QED) is 0.169. The van der Waals surface area contributed by atoms with Gasteiger partial charge < -0.3 is 25.2 Å². The highest BCUT2D eigenvalue weighted by Gasteiger charge is 2.16. The molecule has 0 saturated carbocycles. The van der Waals surface area contributed by atoms with Gasteiger partial charge in [0.15, 0.2) is 11.7 Å². The number of aromatic hydroxyl groups is 1.